The second-order valence-corrected chi connectivity index (χ2v) is 10.8. The lowest BCUT2D eigenvalue weighted by Gasteiger charge is -2.30. The SMILES string of the molecule is Cc1ccc(Cc2nc(CCNC(=O)C3CCN(S(=O)(=O)c4ccc(C)cc4)CC3)n[nH]2)cc1. The van der Waals surface area contributed by atoms with Crippen molar-refractivity contribution in [2.75, 3.05) is 19.6 Å². The first-order valence-electron chi connectivity index (χ1n) is 11.6. The highest BCUT2D eigenvalue weighted by atomic mass is 32.2. The fraction of sp³-hybridized carbons (Fsp3) is 0.400. The van der Waals surface area contributed by atoms with Gasteiger partial charge < -0.3 is 5.32 Å². The van der Waals surface area contributed by atoms with Crippen molar-refractivity contribution in [1.29, 1.82) is 0 Å². The maximum atomic E-state index is 12.8. The Morgan fingerprint density at radius 2 is 1.65 bits per heavy atom. The number of aromatic amines is 1. The van der Waals surface area contributed by atoms with Gasteiger partial charge in [0.05, 0.1) is 4.90 Å². The molecule has 0 spiro atoms. The summed E-state index contributed by atoms with van der Waals surface area (Å²) in [5.74, 6) is 1.24. The molecule has 8 nitrogen and oxygen atoms in total. The lowest BCUT2D eigenvalue weighted by Crippen LogP contribution is -2.43. The Kier molecular flexibility index (Phi) is 7.43. The summed E-state index contributed by atoms with van der Waals surface area (Å²) in [6, 6.07) is 15.2. The highest BCUT2D eigenvalue weighted by Crippen LogP contribution is 2.24. The Labute approximate surface area is 200 Å². The van der Waals surface area contributed by atoms with Gasteiger partial charge in [-0.05, 0) is 44.4 Å². The number of carbonyl (C=O) groups is 1. The van der Waals surface area contributed by atoms with E-state index in [0.717, 1.165) is 17.0 Å². The number of piperidine rings is 1. The smallest absolute Gasteiger partial charge is 0.243 e. The predicted molar refractivity (Wildman–Crippen MR) is 130 cm³/mol. The van der Waals surface area contributed by atoms with E-state index in [1.807, 2.05) is 6.92 Å². The summed E-state index contributed by atoms with van der Waals surface area (Å²) in [7, 11) is -3.52. The van der Waals surface area contributed by atoms with E-state index >= 15 is 0 Å². The molecule has 0 atom stereocenters. The zero-order valence-electron chi connectivity index (χ0n) is 19.6. The molecular weight excluding hydrogens is 450 g/mol. The lowest BCUT2D eigenvalue weighted by molar-refractivity contribution is -0.126. The van der Waals surface area contributed by atoms with Crippen molar-refractivity contribution in [1.82, 2.24) is 24.8 Å². The minimum atomic E-state index is -3.52. The molecule has 1 aliphatic rings. The topological polar surface area (TPSA) is 108 Å². The van der Waals surface area contributed by atoms with E-state index in [0.29, 0.717) is 56.0 Å². The number of sulfonamides is 1. The number of aromatic nitrogens is 3. The third-order valence-electron chi connectivity index (χ3n) is 6.20. The Hall–Kier alpha value is -3.04. The molecule has 180 valence electrons. The molecule has 2 heterocycles. The van der Waals surface area contributed by atoms with E-state index in [4.69, 9.17) is 0 Å². The molecule has 34 heavy (non-hydrogen) atoms. The average molecular weight is 482 g/mol. The quantitative estimate of drug-likeness (QED) is 0.514. The van der Waals surface area contributed by atoms with Crippen LogP contribution < -0.4 is 5.32 Å². The van der Waals surface area contributed by atoms with Gasteiger partial charge in [0.1, 0.15) is 5.82 Å². The van der Waals surface area contributed by atoms with Crippen molar-refractivity contribution in [3.63, 3.8) is 0 Å². The van der Waals surface area contributed by atoms with Crippen LogP contribution in [0.15, 0.2) is 53.4 Å². The van der Waals surface area contributed by atoms with E-state index < -0.39 is 10.0 Å². The molecule has 0 aliphatic carbocycles. The zero-order valence-corrected chi connectivity index (χ0v) is 20.4. The molecule has 1 amide bonds. The Balaban J connectivity index is 1.21. The molecule has 1 saturated heterocycles. The van der Waals surface area contributed by atoms with Crippen LogP contribution in [0.3, 0.4) is 0 Å². The molecule has 2 aromatic carbocycles. The number of amides is 1. The molecule has 0 saturated carbocycles. The van der Waals surface area contributed by atoms with Crippen LogP contribution in [-0.4, -0.2) is 53.4 Å². The van der Waals surface area contributed by atoms with Crippen molar-refractivity contribution in [2.45, 2.75) is 44.4 Å². The summed E-state index contributed by atoms with van der Waals surface area (Å²) in [4.78, 5) is 17.4. The molecule has 0 bridgehead atoms. The maximum absolute atomic E-state index is 12.8. The molecule has 9 heteroatoms. The molecule has 1 aliphatic heterocycles. The fourth-order valence-electron chi connectivity index (χ4n) is 4.08. The van der Waals surface area contributed by atoms with Gasteiger partial charge in [0.15, 0.2) is 5.82 Å². The normalized spacial score (nSPS) is 15.4. The number of H-pyrrole nitrogens is 1. The van der Waals surface area contributed by atoms with Crippen LogP contribution in [0.4, 0.5) is 0 Å². The second kappa shape index (κ2) is 10.5. The zero-order chi connectivity index (χ0) is 24.1. The van der Waals surface area contributed by atoms with Gasteiger partial charge in [0.25, 0.3) is 0 Å². The third-order valence-corrected chi connectivity index (χ3v) is 8.11. The summed E-state index contributed by atoms with van der Waals surface area (Å²) in [6.07, 6.45) is 2.25. The minimum absolute atomic E-state index is 0.0391. The van der Waals surface area contributed by atoms with Gasteiger partial charge in [0, 0.05) is 38.4 Å². The van der Waals surface area contributed by atoms with E-state index in [1.54, 1.807) is 24.3 Å². The van der Waals surface area contributed by atoms with Gasteiger partial charge >= 0.3 is 0 Å². The molecule has 3 aromatic rings. The van der Waals surface area contributed by atoms with Crippen LogP contribution in [0.1, 0.15) is 41.2 Å². The van der Waals surface area contributed by atoms with Crippen molar-refractivity contribution in [3.05, 3.63) is 76.9 Å². The number of nitrogens with one attached hydrogen (secondary N) is 2. The molecule has 0 radical (unpaired) electrons. The minimum Gasteiger partial charge on any atom is -0.355 e. The van der Waals surface area contributed by atoms with Crippen LogP contribution in [0.25, 0.3) is 0 Å². The number of nitrogens with zero attached hydrogens (tertiary/aromatic N) is 3. The number of aryl methyl sites for hydroxylation is 2. The summed E-state index contributed by atoms with van der Waals surface area (Å²) >= 11 is 0. The van der Waals surface area contributed by atoms with Gasteiger partial charge in [-0.2, -0.15) is 9.40 Å². The van der Waals surface area contributed by atoms with Crippen molar-refractivity contribution in [2.24, 2.45) is 5.92 Å². The molecular formula is C25H31N5O3S. The van der Waals surface area contributed by atoms with E-state index in [1.165, 1.54) is 9.87 Å². The lowest BCUT2D eigenvalue weighted by atomic mass is 9.97. The van der Waals surface area contributed by atoms with Gasteiger partial charge in [-0.1, -0.05) is 47.5 Å². The average Bonchev–Trinajstić information content (AvgIpc) is 3.28. The van der Waals surface area contributed by atoms with Crippen molar-refractivity contribution in [3.8, 4) is 0 Å². The van der Waals surface area contributed by atoms with Crippen LogP contribution in [0.2, 0.25) is 0 Å². The van der Waals surface area contributed by atoms with Gasteiger partial charge in [-0.25, -0.2) is 13.4 Å². The first-order valence-corrected chi connectivity index (χ1v) is 13.1. The van der Waals surface area contributed by atoms with E-state index in [-0.39, 0.29) is 11.8 Å². The first-order chi connectivity index (χ1) is 16.3. The Morgan fingerprint density at radius 1 is 1.03 bits per heavy atom. The van der Waals surface area contributed by atoms with Crippen LogP contribution in [0, 0.1) is 19.8 Å². The number of hydrogen-bond acceptors (Lipinski definition) is 5. The summed E-state index contributed by atoms with van der Waals surface area (Å²) in [5, 5.41) is 10.2. The van der Waals surface area contributed by atoms with Crippen LogP contribution in [-0.2, 0) is 27.7 Å². The molecule has 0 unspecified atom stereocenters. The number of rotatable bonds is 8. The standard InChI is InChI=1S/C25H31N5O3S/c1-18-3-7-20(8-4-18)17-24-27-23(28-29-24)11-14-26-25(31)21-12-15-30(16-13-21)34(32,33)22-9-5-19(2)6-10-22/h3-10,21H,11-17H2,1-2H3,(H,26,31)(H,27,28,29). The van der Waals surface area contributed by atoms with E-state index in [2.05, 4.69) is 51.7 Å². The van der Waals surface area contributed by atoms with Gasteiger partial charge in [0.2, 0.25) is 15.9 Å². The number of hydrogen-bond donors (Lipinski definition) is 2. The third kappa shape index (κ3) is 5.90. The largest absolute Gasteiger partial charge is 0.355 e. The predicted octanol–water partition coefficient (Wildman–Crippen LogP) is 2.77. The van der Waals surface area contributed by atoms with Crippen molar-refractivity contribution >= 4 is 15.9 Å². The number of carbonyl (C=O) groups excluding carboxylic acids is 1. The molecule has 1 aromatic heterocycles. The molecule has 2 N–H and O–H groups in total. The Bertz CT molecular complexity index is 1210. The molecule has 4 rings (SSSR count). The van der Waals surface area contributed by atoms with Crippen LogP contribution >= 0.6 is 0 Å². The van der Waals surface area contributed by atoms with E-state index in [9.17, 15) is 13.2 Å². The summed E-state index contributed by atoms with van der Waals surface area (Å²) in [6.45, 7) is 5.12. The molecule has 1 fully saturated rings. The summed E-state index contributed by atoms with van der Waals surface area (Å²) in [5.41, 5.74) is 3.40. The van der Waals surface area contributed by atoms with Crippen molar-refractivity contribution < 1.29 is 13.2 Å². The fourth-order valence-corrected chi connectivity index (χ4v) is 5.55. The van der Waals surface area contributed by atoms with Gasteiger partial charge in [-0.15, -0.1) is 0 Å². The second-order valence-electron chi connectivity index (χ2n) is 8.89. The van der Waals surface area contributed by atoms with Gasteiger partial charge in [-0.3, -0.25) is 9.89 Å². The summed E-state index contributed by atoms with van der Waals surface area (Å²) < 4.78 is 27.2. The highest BCUT2D eigenvalue weighted by molar-refractivity contribution is 7.89. The maximum Gasteiger partial charge on any atom is 0.243 e. The first kappa shape index (κ1) is 24.1. The van der Waals surface area contributed by atoms with Crippen LogP contribution in [0.5, 0.6) is 0 Å². The monoisotopic (exact) mass is 481 g/mol. The highest BCUT2D eigenvalue weighted by Gasteiger charge is 2.31. The number of benzene rings is 2. The Morgan fingerprint density at radius 3 is 2.29 bits per heavy atom.